The molecule has 0 aliphatic carbocycles. The quantitative estimate of drug-likeness (QED) is 0.927. The van der Waals surface area contributed by atoms with E-state index in [4.69, 9.17) is 0 Å². The minimum absolute atomic E-state index is 0.0384. The van der Waals surface area contributed by atoms with Crippen molar-refractivity contribution in [2.45, 2.75) is 30.8 Å². The molecule has 2 heterocycles. The van der Waals surface area contributed by atoms with E-state index < -0.39 is 9.84 Å². The monoisotopic (exact) mass is 345 g/mol. The zero-order chi connectivity index (χ0) is 17.3. The molecule has 2 amide bonds. The van der Waals surface area contributed by atoms with Crippen molar-refractivity contribution in [3.8, 4) is 0 Å². The lowest BCUT2D eigenvalue weighted by Crippen LogP contribution is -2.33. The molecule has 1 aromatic carbocycles. The molecule has 0 spiro atoms. The molecule has 1 atom stereocenters. The number of pyridine rings is 1. The summed E-state index contributed by atoms with van der Waals surface area (Å²) >= 11 is 0. The number of urea groups is 1. The second-order valence-corrected chi connectivity index (χ2v) is 7.85. The summed E-state index contributed by atoms with van der Waals surface area (Å²) < 4.78 is 22.9. The lowest BCUT2D eigenvalue weighted by atomic mass is 10.0. The van der Waals surface area contributed by atoms with Crippen LogP contribution in [0, 0.1) is 0 Å². The van der Waals surface area contributed by atoms with Crippen LogP contribution >= 0.6 is 0 Å². The van der Waals surface area contributed by atoms with Gasteiger partial charge >= 0.3 is 6.03 Å². The van der Waals surface area contributed by atoms with E-state index in [-0.39, 0.29) is 17.0 Å². The average Bonchev–Trinajstić information content (AvgIpc) is 2.93. The van der Waals surface area contributed by atoms with E-state index in [0.29, 0.717) is 12.4 Å². The van der Waals surface area contributed by atoms with Gasteiger partial charge in [0.2, 0.25) is 0 Å². The Labute approximate surface area is 141 Å². The highest BCUT2D eigenvalue weighted by Gasteiger charge is 2.32. The molecule has 0 bridgehead atoms. The summed E-state index contributed by atoms with van der Waals surface area (Å²) in [6, 6.07) is 10.8. The summed E-state index contributed by atoms with van der Waals surface area (Å²) in [5.41, 5.74) is 2.33. The number of nitrogens with zero attached hydrogens (tertiary/aromatic N) is 2. The van der Waals surface area contributed by atoms with Crippen molar-refractivity contribution in [3.63, 3.8) is 0 Å². The number of sulfone groups is 1. The zero-order valence-electron chi connectivity index (χ0n) is 13.6. The van der Waals surface area contributed by atoms with Crippen molar-refractivity contribution < 1.29 is 13.2 Å². The number of aromatic nitrogens is 1. The Balaban J connectivity index is 1.76. The molecule has 1 aliphatic heterocycles. The molecule has 1 aromatic heterocycles. The van der Waals surface area contributed by atoms with Crippen molar-refractivity contribution in [1.29, 1.82) is 0 Å². The molecular weight excluding hydrogens is 326 g/mol. The Morgan fingerprint density at radius 2 is 2.04 bits per heavy atom. The van der Waals surface area contributed by atoms with Gasteiger partial charge in [-0.15, -0.1) is 0 Å². The van der Waals surface area contributed by atoms with E-state index in [2.05, 4.69) is 16.4 Å². The maximum Gasteiger partial charge on any atom is 0.323 e. The minimum Gasteiger partial charge on any atom is -0.313 e. The smallest absolute Gasteiger partial charge is 0.313 e. The average molecular weight is 345 g/mol. The van der Waals surface area contributed by atoms with Crippen molar-refractivity contribution in [2.24, 2.45) is 0 Å². The van der Waals surface area contributed by atoms with Gasteiger partial charge < -0.3 is 4.90 Å². The maximum absolute atomic E-state index is 12.6. The van der Waals surface area contributed by atoms with Crippen LogP contribution in [0.5, 0.6) is 0 Å². The lowest BCUT2D eigenvalue weighted by molar-refractivity contribution is 0.192. The fourth-order valence-electron chi connectivity index (χ4n) is 2.97. The third kappa shape index (κ3) is 3.12. The summed E-state index contributed by atoms with van der Waals surface area (Å²) in [6.07, 6.45) is 3.20. The second-order valence-electron chi connectivity index (χ2n) is 5.83. The van der Waals surface area contributed by atoms with Gasteiger partial charge in [-0.2, -0.15) is 0 Å². The summed E-state index contributed by atoms with van der Waals surface area (Å²) in [7, 11) is -3.30. The van der Waals surface area contributed by atoms with Gasteiger partial charge in [0.15, 0.2) is 9.84 Å². The number of amides is 2. The van der Waals surface area contributed by atoms with Crippen molar-refractivity contribution in [2.75, 3.05) is 11.6 Å². The first-order valence-corrected chi connectivity index (χ1v) is 9.61. The Hall–Kier alpha value is -2.41. The Morgan fingerprint density at radius 3 is 2.67 bits per heavy atom. The summed E-state index contributed by atoms with van der Waals surface area (Å²) in [6.45, 7) is 2.61. The number of carbonyl (C=O) groups excluding carboxylic acids is 1. The van der Waals surface area contributed by atoms with Gasteiger partial charge in [0, 0.05) is 19.0 Å². The highest BCUT2D eigenvalue weighted by atomic mass is 32.2. The molecule has 0 radical (unpaired) electrons. The zero-order valence-corrected chi connectivity index (χ0v) is 14.4. The summed E-state index contributed by atoms with van der Waals surface area (Å²) in [5, 5.41) is 2.74. The van der Waals surface area contributed by atoms with Gasteiger partial charge in [-0.05, 0) is 29.7 Å². The Morgan fingerprint density at radius 1 is 1.29 bits per heavy atom. The normalized spacial score (nSPS) is 16.8. The number of fused-ring (bicyclic) bond motifs is 1. The fraction of sp³-hybridized carbons (Fsp3) is 0.294. The SMILES string of the molecule is CCC1c2ccccc2CN1C(=O)Nc1ccc(S(C)(=O)=O)cn1. The van der Waals surface area contributed by atoms with E-state index in [1.807, 2.05) is 25.1 Å². The van der Waals surface area contributed by atoms with Gasteiger partial charge in [0.05, 0.1) is 10.9 Å². The van der Waals surface area contributed by atoms with Crippen LogP contribution in [0.4, 0.5) is 10.6 Å². The van der Waals surface area contributed by atoms with Crippen LogP contribution in [0.15, 0.2) is 47.5 Å². The predicted molar refractivity (Wildman–Crippen MR) is 91.4 cm³/mol. The number of rotatable bonds is 3. The first-order chi connectivity index (χ1) is 11.4. The largest absolute Gasteiger partial charge is 0.323 e. The molecule has 126 valence electrons. The third-order valence-corrected chi connectivity index (χ3v) is 5.28. The molecule has 7 heteroatoms. The molecule has 6 nitrogen and oxygen atoms in total. The van der Waals surface area contributed by atoms with Gasteiger partial charge in [0.1, 0.15) is 5.82 Å². The van der Waals surface area contributed by atoms with Gasteiger partial charge in [-0.25, -0.2) is 18.2 Å². The first kappa shape index (κ1) is 16.4. The number of anilines is 1. The van der Waals surface area contributed by atoms with E-state index in [9.17, 15) is 13.2 Å². The third-order valence-electron chi connectivity index (χ3n) is 4.18. The maximum atomic E-state index is 12.6. The van der Waals surface area contributed by atoms with Crippen molar-refractivity contribution in [1.82, 2.24) is 9.88 Å². The van der Waals surface area contributed by atoms with Crippen molar-refractivity contribution in [3.05, 3.63) is 53.7 Å². The first-order valence-electron chi connectivity index (χ1n) is 7.71. The van der Waals surface area contributed by atoms with E-state index in [0.717, 1.165) is 18.2 Å². The molecule has 0 saturated heterocycles. The van der Waals surface area contributed by atoms with Crippen molar-refractivity contribution >= 4 is 21.7 Å². The number of benzene rings is 1. The number of hydrogen-bond acceptors (Lipinski definition) is 4. The van der Waals surface area contributed by atoms with Crippen LogP contribution < -0.4 is 5.32 Å². The van der Waals surface area contributed by atoms with Crippen LogP contribution in [0.3, 0.4) is 0 Å². The van der Waals surface area contributed by atoms with Crippen LogP contribution in [0.1, 0.15) is 30.5 Å². The minimum atomic E-state index is -3.30. The Kier molecular flexibility index (Phi) is 4.28. The lowest BCUT2D eigenvalue weighted by Gasteiger charge is -2.24. The molecule has 2 aromatic rings. The molecular formula is C17H19N3O3S. The highest BCUT2D eigenvalue weighted by Crippen LogP contribution is 2.35. The van der Waals surface area contributed by atoms with E-state index in [1.54, 1.807) is 4.90 Å². The molecule has 3 rings (SSSR count). The van der Waals surface area contributed by atoms with Crippen LogP contribution in [-0.2, 0) is 16.4 Å². The van der Waals surface area contributed by atoms with Gasteiger partial charge in [-0.3, -0.25) is 5.32 Å². The molecule has 0 fully saturated rings. The number of hydrogen-bond donors (Lipinski definition) is 1. The molecule has 0 saturated carbocycles. The van der Waals surface area contributed by atoms with E-state index >= 15 is 0 Å². The fourth-order valence-corrected chi connectivity index (χ4v) is 3.53. The van der Waals surface area contributed by atoms with Crippen LogP contribution in [-0.4, -0.2) is 30.6 Å². The summed E-state index contributed by atoms with van der Waals surface area (Å²) in [5.74, 6) is 0.332. The van der Waals surface area contributed by atoms with Gasteiger partial charge in [0.25, 0.3) is 0 Å². The summed E-state index contributed by atoms with van der Waals surface area (Å²) in [4.78, 5) is 18.5. The Bertz CT molecular complexity index is 863. The highest BCUT2D eigenvalue weighted by molar-refractivity contribution is 7.90. The topological polar surface area (TPSA) is 79.4 Å². The van der Waals surface area contributed by atoms with Gasteiger partial charge in [-0.1, -0.05) is 31.2 Å². The second kappa shape index (κ2) is 6.24. The molecule has 1 aliphatic rings. The number of nitrogens with one attached hydrogen (secondary N) is 1. The standard InChI is InChI=1S/C17H19N3O3S/c1-3-15-14-7-5-4-6-12(14)11-20(15)17(21)19-16-9-8-13(10-18-16)24(2,22)23/h4-10,15H,3,11H2,1-2H3,(H,18,19,21). The van der Waals surface area contributed by atoms with Crippen LogP contribution in [0.25, 0.3) is 0 Å². The van der Waals surface area contributed by atoms with Crippen LogP contribution in [0.2, 0.25) is 0 Å². The predicted octanol–water partition coefficient (Wildman–Crippen LogP) is 2.98. The molecule has 1 unspecified atom stereocenters. The molecule has 24 heavy (non-hydrogen) atoms. The number of carbonyl (C=O) groups is 1. The van der Waals surface area contributed by atoms with E-state index in [1.165, 1.54) is 23.9 Å². The molecule has 1 N–H and O–H groups in total.